The zero-order valence-corrected chi connectivity index (χ0v) is 11.7. The first-order valence-corrected chi connectivity index (χ1v) is 6.82. The zero-order chi connectivity index (χ0) is 12.3. The fourth-order valence-electron chi connectivity index (χ4n) is 2.38. The van der Waals surface area contributed by atoms with Crippen molar-refractivity contribution in [1.29, 1.82) is 0 Å². The van der Waals surface area contributed by atoms with E-state index < -0.39 is 0 Å². The van der Waals surface area contributed by atoms with Gasteiger partial charge in [0.1, 0.15) is 0 Å². The molecule has 1 saturated heterocycles. The topological polar surface area (TPSA) is 49.2 Å². The number of piperidine rings is 1. The highest BCUT2D eigenvalue weighted by Gasteiger charge is 2.34. The van der Waals surface area contributed by atoms with Gasteiger partial charge in [0.15, 0.2) is 0 Å². The van der Waals surface area contributed by atoms with Crippen LogP contribution in [0.25, 0.3) is 0 Å². The lowest BCUT2D eigenvalue weighted by Crippen LogP contribution is -2.45. The van der Waals surface area contributed by atoms with Crippen LogP contribution in [0.15, 0.2) is 16.9 Å². The Morgan fingerprint density at radius 3 is 2.76 bits per heavy atom. The predicted octanol–water partition coefficient (Wildman–Crippen LogP) is 2.23. The van der Waals surface area contributed by atoms with Gasteiger partial charge in [0, 0.05) is 30.9 Å². The Morgan fingerprint density at radius 1 is 1.47 bits per heavy atom. The van der Waals surface area contributed by atoms with Gasteiger partial charge in [-0.3, -0.25) is 0 Å². The molecule has 1 aromatic rings. The van der Waals surface area contributed by atoms with Crippen molar-refractivity contribution >= 4 is 21.9 Å². The van der Waals surface area contributed by atoms with E-state index in [1.165, 1.54) is 0 Å². The van der Waals surface area contributed by atoms with Gasteiger partial charge in [-0.05, 0) is 35.2 Å². The molecule has 1 fully saturated rings. The van der Waals surface area contributed by atoms with Crippen LogP contribution in [-0.2, 0) is 0 Å². The van der Waals surface area contributed by atoms with Crippen molar-refractivity contribution in [3.05, 3.63) is 16.9 Å². The number of anilines is 1. The lowest BCUT2D eigenvalue weighted by Gasteiger charge is -2.41. The minimum absolute atomic E-state index is 0.0225. The third-order valence-corrected chi connectivity index (χ3v) is 4.05. The molecule has 0 spiro atoms. The van der Waals surface area contributed by atoms with Crippen LogP contribution in [0.4, 0.5) is 5.95 Å². The number of rotatable bonds is 3. The highest BCUT2D eigenvalue weighted by Crippen LogP contribution is 2.33. The largest absolute Gasteiger partial charge is 0.396 e. The molecule has 0 amide bonds. The maximum Gasteiger partial charge on any atom is 0.225 e. The summed E-state index contributed by atoms with van der Waals surface area (Å²) in [5, 5.41) is 9.58. The van der Waals surface area contributed by atoms with E-state index in [4.69, 9.17) is 0 Å². The molecule has 2 heterocycles. The van der Waals surface area contributed by atoms with E-state index in [0.29, 0.717) is 0 Å². The molecule has 0 saturated carbocycles. The molecule has 2 rings (SSSR count). The number of hydrogen-bond acceptors (Lipinski definition) is 4. The Hall–Kier alpha value is -0.680. The lowest BCUT2D eigenvalue weighted by molar-refractivity contribution is 0.101. The normalized spacial score (nSPS) is 25.0. The smallest absolute Gasteiger partial charge is 0.225 e. The molecule has 1 aliphatic heterocycles. The number of halogens is 1. The first kappa shape index (κ1) is 12.8. The van der Waals surface area contributed by atoms with Gasteiger partial charge < -0.3 is 10.0 Å². The van der Waals surface area contributed by atoms with Crippen molar-refractivity contribution in [2.24, 2.45) is 5.41 Å². The lowest BCUT2D eigenvalue weighted by atomic mass is 9.78. The van der Waals surface area contributed by atoms with Crippen molar-refractivity contribution in [2.75, 3.05) is 24.6 Å². The third-order valence-electron chi connectivity index (χ3n) is 3.64. The van der Waals surface area contributed by atoms with Gasteiger partial charge in [-0.15, -0.1) is 0 Å². The molecule has 0 radical (unpaired) electrons. The second-order valence-electron chi connectivity index (χ2n) is 4.74. The number of hydrogen-bond donors (Lipinski definition) is 1. The summed E-state index contributed by atoms with van der Waals surface area (Å²) in [6.07, 6.45) is 6.71. The molecule has 0 aliphatic carbocycles. The summed E-state index contributed by atoms with van der Waals surface area (Å²) >= 11 is 3.34. The molecule has 0 aromatic carbocycles. The monoisotopic (exact) mass is 299 g/mol. The molecular formula is C12H18BrN3O. The van der Waals surface area contributed by atoms with Crippen LogP contribution in [0, 0.1) is 5.41 Å². The van der Waals surface area contributed by atoms with E-state index in [2.05, 4.69) is 37.7 Å². The Kier molecular flexibility index (Phi) is 3.99. The molecule has 5 heteroatoms. The number of aliphatic hydroxyl groups is 1. The summed E-state index contributed by atoms with van der Waals surface area (Å²) in [5.41, 5.74) is 0.0225. The van der Waals surface area contributed by atoms with Crippen LogP contribution in [0.5, 0.6) is 0 Å². The summed E-state index contributed by atoms with van der Waals surface area (Å²) in [7, 11) is 0. The van der Waals surface area contributed by atoms with Crippen molar-refractivity contribution < 1.29 is 5.11 Å². The van der Waals surface area contributed by atoms with Crippen LogP contribution in [0.1, 0.15) is 26.2 Å². The Balaban J connectivity index is 2.14. The molecule has 1 aromatic heterocycles. The number of nitrogens with zero attached hydrogens (tertiary/aromatic N) is 3. The molecule has 0 unspecified atom stereocenters. The molecule has 1 N–H and O–H groups in total. The van der Waals surface area contributed by atoms with Gasteiger partial charge in [0.25, 0.3) is 0 Å². The minimum atomic E-state index is 0.0225. The summed E-state index contributed by atoms with van der Waals surface area (Å²) < 4.78 is 0.891. The van der Waals surface area contributed by atoms with Crippen LogP contribution in [0.2, 0.25) is 0 Å². The van der Waals surface area contributed by atoms with E-state index in [0.717, 1.165) is 42.8 Å². The van der Waals surface area contributed by atoms with E-state index in [1.54, 1.807) is 12.4 Å². The second kappa shape index (κ2) is 5.31. The van der Waals surface area contributed by atoms with Gasteiger partial charge in [0.2, 0.25) is 5.95 Å². The van der Waals surface area contributed by atoms with E-state index in [1.807, 2.05) is 0 Å². The second-order valence-corrected chi connectivity index (χ2v) is 5.65. The van der Waals surface area contributed by atoms with Crippen LogP contribution >= 0.6 is 15.9 Å². The summed E-state index contributed by atoms with van der Waals surface area (Å²) in [5.74, 6) is 0.763. The first-order valence-electron chi connectivity index (χ1n) is 6.02. The maximum absolute atomic E-state index is 9.58. The van der Waals surface area contributed by atoms with Crippen molar-refractivity contribution in [3.8, 4) is 0 Å². The average molecular weight is 300 g/mol. The van der Waals surface area contributed by atoms with Gasteiger partial charge in [-0.2, -0.15) is 0 Å². The first-order chi connectivity index (χ1) is 8.19. The third kappa shape index (κ3) is 2.77. The van der Waals surface area contributed by atoms with Gasteiger partial charge in [-0.1, -0.05) is 6.92 Å². The van der Waals surface area contributed by atoms with Crippen LogP contribution < -0.4 is 4.90 Å². The summed E-state index contributed by atoms with van der Waals surface area (Å²) in [4.78, 5) is 10.8. The summed E-state index contributed by atoms with van der Waals surface area (Å²) in [6.45, 7) is 4.21. The maximum atomic E-state index is 9.58. The molecule has 4 nitrogen and oxygen atoms in total. The van der Waals surface area contributed by atoms with Crippen molar-refractivity contribution in [1.82, 2.24) is 9.97 Å². The molecular weight excluding hydrogens is 282 g/mol. The number of aliphatic hydroxyl groups excluding tert-OH is 1. The van der Waals surface area contributed by atoms with E-state index in [-0.39, 0.29) is 12.0 Å². The molecule has 17 heavy (non-hydrogen) atoms. The van der Waals surface area contributed by atoms with Crippen LogP contribution in [0.3, 0.4) is 0 Å². The minimum Gasteiger partial charge on any atom is -0.396 e. The number of aromatic nitrogens is 2. The summed E-state index contributed by atoms with van der Waals surface area (Å²) in [6, 6.07) is 0. The Bertz CT molecular complexity index is 365. The molecule has 0 bridgehead atoms. The predicted molar refractivity (Wildman–Crippen MR) is 71.0 cm³/mol. The highest BCUT2D eigenvalue weighted by molar-refractivity contribution is 9.10. The van der Waals surface area contributed by atoms with Gasteiger partial charge in [-0.25, -0.2) is 9.97 Å². The van der Waals surface area contributed by atoms with Crippen LogP contribution in [-0.4, -0.2) is 34.8 Å². The van der Waals surface area contributed by atoms with Gasteiger partial charge >= 0.3 is 0 Å². The van der Waals surface area contributed by atoms with E-state index in [9.17, 15) is 5.11 Å². The average Bonchev–Trinajstić information content (AvgIpc) is 2.39. The van der Waals surface area contributed by atoms with Crippen molar-refractivity contribution in [3.63, 3.8) is 0 Å². The zero-order valence-electron chi connectivity index (χ0n) is 10.1. The van der Waals surface area contributed by atoms with E-state index >= 15 is 0 Å². The molecule has 1 aliphatic rings. The Morgan fingerprint density at radius 2 is 2.18 bits per heavy atom. The quantitative estimate of drug-likeness (QED) is 0.930. The Labute approximate surface area is 110 Å². The highest BCUT2D eigenvalue weighted by atomic mass is 79.9. The van der Waals surface area contributed by atoms with Gasteiger partial charge in [0.05, 0.1) is 11.1 Å². The molecule has 94 valence electrons. The fraction of sp³-hybridized carbons (Fsp3) is 0.667. The SMILES string of the molecule is CC[C@]1(CO)CCCN(c2ncc(Br)cn2)C1. The molecule has 1 atom stereocenters. The standard InChI is InChI=1S/C12H18BrN3O/c1-2-12(9-17)4-3-5-16(8-12)11-14-6-10(13)7-15-11/h6-7,17H,2-5,8-9H2,1H3/t12-/m0/s1. The van der Waals surface area contributed by atoms with Crippen molar-refractivity contribution in [2.45, 2.75) is 26.2 Å². The fourth-order valence-corrected chi connectivity index (χ4v) is 2.58.